The average molecular weight is 1830 g/mol. The number of hydrogen-bond donors (Lipinski definition) is 6. The van der Waals surface area contributed by atoms with Crippen LogP contribution in [-0.4, -0.2) is 268 Å². The maximum Gasteiger partial charge on any atom is 0.258 e. The molecule has 8 aliphatic rings. The van der Waals surface area contributed by atoms with E-state index >= 15 is 0 Å². The third-order valence-corrected chi connectivity index (χ3v) is 27.5. The normalized spacial score (nSPS) is 19.8. The van der Waals surface area contributed by atoms with Gasteiger partial charge in [-0.15, -0.1) is 0 Å². The summed E-state index contributed by atoms with van der Waals surface area (Å²) >= 11 is 0. The molecule has 136 heavy (non-hydrogen) atoms. The fourth-order valence-corrected chi connectivity index (χ4v) is 19.3. The molecule has 0 spiro atoms. The summed E-state index contributed by atoms with van der Waals surface area (Å²) in [6.07, 6.45) is 27.0. The highest BCUT2D eigenvalue weighted by atomic mass is 19.1. The van der Waals surface area contributed by atoms with Gasteiger partial charge in [-0.25, -0.2) is 24.3 Å². The van der Waals surface area contributed by atoms with Crippen molar-refractivity contribution in [2.75, 3.05) is 135 Å². The van der Waals surface area contributed by atoms with Gasteiger partial charge in [-0.1, -0.05) is 66.8 Å². The molecular formula is C104H107FN22O9. The molecule has 32 heteroatoms. The number of nitrogens with one attached hydrogen (secondary N) is 6. The van der Waals surface area contributed by atoms with Gasteiger partial charge in [0, 0.05) is 228 Å². The molecule has 0 radical (unpaired) electrons. The molecule has 7 aliphatic heterocycles. The van der Waals surface area contributed by atoms with E-state index in [9.17, 15) is 33.2 Å². The second-order valence-corrected chi connectivity index (χ2v) is 36.0. The summed E-state index contributed by atoms with van der Waals surface area (Å²) in [5, 5.41) is 34.5. The Hall–Kier alpha value is -14.4. The molecule has 6 N–H and O–H groups in total. The van der Waals surface area contributed by atoms with Gasteiger partial charge in [-0.05, 0) is 208 Å². The second-order valence-electron chi connectivity index (χ2n) is 36.0. The fraction of sp³-hybridized carbons (Fsp3) is 0.327. The lowest BCUT2D eigenvalue weighted by atomic mass is 9.89. The zero-order chi connectivity index (χ0) is 93.4. The summed E-state index contributed by atoms with van der Waals surface area (Å²) in [6, 6.07) is 51.3. The van der Waals surface area contributed by atoms with Crippen LogP contribution >= 0.6 is 0 Å². The van der Waals surface area contributed by atoms with E-state index in [0.717, 1.165) is 146 Å². The molecule has 13 aromatic rings. The SMILES string of the molecule is COC1(C(=O)Nc2ccc3[nH]nc(-c4ccnc(C)c4)c3c2)CCN(CC(=O)N2CC=C(C3=CCC=N3)CC2)C1.CO[C@@]1(C(=O)Nc2ccc3[nH]nc(-c4ccc(F)cc4)c3c2)CCN(CC(=O)N2CC=C(c3ccc(-c4ncccn4)cc3)CC2)C1.CO[C@@]1(C(=O)Nc2ccc3[nH]nc(-c4ccnc(C5CC5)c4)c3c2)CCN(CC(=O)N2CCC(c3ccc(-c4ncccn4)cc3)CC2)C1. The molecule has 1 saturated carbocycles. The predicted octanol–water partition coefficient (Wildman–Crippen LogP) is 14.0. The molecule has 6 aromatic carbocycles. The third kappa shape index (κ3) is 20.1. The number of hydrogen-bond acceptors (Lipinski definition) is 22. The first-order valence-electron chi connectivity index (χ1n) is 46.4. The van der Waals surface area contributed by atoms with Gasteiger partial charge in [0.2, 0.25) is 17.7 Å². The number of H-pyrrole nitrogens is 3. The zero-order valence-electron chi connectivity index (χ0n) is 76.4. The number of halogens is 1. The van der Waals surface area contributed by atoms with Gasteiger partial charge in [-0.3, -0.25) is 73.7 Å². The summed E-state index contributed by atoms with van der Waals surface area (Å²) < 4.78 is 31.0. The number of carbonyl (C=O) groups excluding carboxylic acids is 6. The molecule has 31 nitrogen and oxygen atoms in total. The number of likely N-dealkylation sites (tertiary alicyclic amines) is 4. The minimum absolute atomic E-state index is 0.0305. The topological polar surface area (TPSA) is 361 Å². The number of aryl methyl sites for hydroxylation is 1. The van der Waals surface area contributed by atoms with Crippen LogP contribution in [0.1, 0.15) is 98.6 Å². The van der Waals surface area contributed by atoms with E-state index < -0.39 is 16.8 Å². The van der Waals surface area contributed by atoms with E-state index in [1.54, 1.807) is 69.5 Å². The van der Waals surface area contributed by atoms with E-state index in [2.05, 4.69) is 142 Å². The number of carbonyl (C=O) groups is 6. The zero-order valence-corrected chi connectivity index (χ0v) is 76.4. The van der Waals surface area contributed by atoms with Crippen molar-refractivity contribution in [3.63, 3.8) is 0 Å². The number of aliphatic imine (C=N–C) groups is 1. The Labute approximate surface area is 785 Å². The lowest BCUT2D eigenvalue weighted by molar-refractivity contribution is -0.138. The number of fused-ring (bicyclic) bond motifs is 3. The Balaban J connectivity index is 0.000000132. The van der Waals surface area contributed by atoms with Gasteiger partial charge in [0.05, 0.1) is 47.6 Å². The maximum absolute atomic E-state index is 13.7. The van der Waals surface area contributed by atoms with Gasteiger partial charge >= 0.3 is 0 Å². The first-order chi connectivity index (χ1) is 66.3. The molecule has 5 fully saturated rings. The number of aromatic nitrogens is 12. The summed E-state index contributed by atoms with van der Waals surface area (Å²) in [5.74, 6) is 1.55. The summed E-state index contributed by atoms with van der Waals surface area (Å²) in [7, 11) is 4.67. The largest absolute Gasteiger partial charge is 0.367 e. The quantitative estimate of drug-likeness (QED) is 0.0327. The highest BCUT2D eigenvalue weighted by molar-refractivity contribution is 6.05. The molecule has 7 aromatic heterocycles. The first-order valence-corrected chi connectivity index (χ1v) is 46.4. The highest BCUT2D eigenvalue weighted by Crippen LogP contribution is 2.42. The Kier molecular flexibility index (Phi) is 26.7. The van der Waals surface area contributed by atoms with Crippen molar-refractivity contribution in [1.82, 2.24) is 89.9 Å². The lowest BCUT2D eigenvalue weighted by Gasteiger charge is -2.33. The average Bonchev–Trinajstić information content (AvgIpc) is 1.63. The van der Waals surface area contributed by atoms with Gasteiger partial charge in [0.15, 0.2) is 28.5 Å². The number of ether oxygens (including phenoxy) is 3. The van der Waals surface area contributed by atoms with Gasteiger partial charge < -0.3 is 44.9 Å². The molecule has 1 unspecified atom stereocenters. The molecule has 14 heterocycles. The van der Waals surface area contributed by atoms with E-state index in [1.165, 1.54) is 48.8 Å². The molecule has 694 valence electrons. The number of anilines is 3. The number of allylic oxidation sites excluding steroid dienone is 2. The van der Waals surface area contributed by atoms with Crippen molar-refractivity contribution in [3.8, 4) is 56.5 Å². The predicted molar refractivity (Wildman–Crippen MR) is 518 cm³/mol. The Morgan fingerprint density at radius 3 is 1.28 bits per heavy atom. The van der Waals surface area contributed by atoms with Crippen LogP contribution in [0.5, 0.6) is 0 Å². The number of nitrogens with zero attached hydrogens (tertiary/aromatic N) is 16. The Morgan fingerprint density at radius 1 is 0.419 bits per heavy atom. The molecule has 0 bridgehead atoms. The van der Waals surface area contributed by atoms with Crippen molar-refractivity contribution < 1.29 is 47.4 Å². The number of benzene rings is 6. The van der Waals surface area contributed by atoms with Gasteiger partial charge in [-0.2, -0.15) is 15.3 Å². The van der Waals surface area contributed by atoms with Crippen LogP contribution in [0.2, 0.25) is 0 Å². The highest BCUT2D eigenvalue weighted by Gasteiger charge is 2.49. The van der Waals surface area contributed by atoms with E-state index in [0.29, 0.717) is 125 Å². The van der Waals surface area contributed by atoms with Crippen LogP contribution in [0.15, 0.2) is 235 Å². The lowest BCUT2D eigenvalue weighted by Crippen LogP contribution is -2.48. The fourth-order valence-electron chi connectivity index (χ4n) is 19.3. The van der Waals surface area contributed by atoms with Crippen LogP contribution in [0, 0.1) is 12.7 Å². The number of rotatable bonds is 24. The summed E-state index contributed by atoms with van der Waals surface area (Å²) in [5.41, 5.74) is 16.2. The van der Waals surface area contributed by atoms with Crippen molar-refractivity contribution in [1.29, 1.82) is 0 Å². The first kappa shape index (κ1) is 90.7. The second kappa shape index (κ2) is 40.0. The smallest absolute Gasteiger partial charge is 0.258 e. The van der Waals surface area contributed by atoms with Crippen molar-refractivity contribution in [2.45, 2.75) is 99.8 Å². The van der Waals surface area contributed by atoms with Crippen LogP contribution in [0.25, 0.3) is 94.8 Å². The van der Waals surface area contributed by atoms with Gasteiger partial charge in [0.25, 0.3) is 17.7 Å². The van der Waals surface area contributed by atoms with Crippen LogP contribution in [0.4, 0.5) is 21.5 Å². The standard InChI is InChI=1S/C38H40N8O3.C36H34FN7O3.C30H33N7O3/c1-49-38(37(48)42-30-9-10-32-31(22-30)35(44-43-32)29-11-17-39-33(21-29)27-5-6-27)14-20-45(24-38)23-34(47)46-18-12-26(13-19-46)25-3-7-28(8-4-25)36-40-15-2-16-41-36;1-47-36(35(46)40-29-11-12-31-30(21-29)33(42-41-31)26-7-9-28(37)10-8-26)15-20-43(23-36)22-32(45)44-18-13-25(14-19-44)24-3-5-27(6-4-24)34-38-16-2-17-39-34;1-20-16-22(7-12-31-20)28-24-17-23(5-6-26(24)34-35-28)33-29(39)30(40-2)10-15-36(19-30)18-27(38)37-13-8-21(9-14-37)25-4-3-11-32-25/h2-4,7-11,15-17,21-22,26-27H,5-6,12-14,18-20,23-24H2,1H3,(H,42,48)(H,43,44);2-13,16-17,21H,14-15,18-20,22-23H2,1H3,(H,40,46)(H,41,42);4-8,11-12,16-17H,3,9-10,13-15,18-19H2,1-2H3,(H,33,39)(H,34,35)/t38-;36-;/m00./s1. The van der Waals surface area contributed by atoms with Crippen molar-refractivity contribution in [2.24, 2.45) is 4.99 Å². The van der Waals surface area contributed by atoms with Crippen LogP contribution < -0.4 is 16.0 Å². The maximum atomic E-state index is 13.7. The summed E-state index contributed by atoms with van der Waals surface area (Å²) in [4.78, 5) is 123. The monoisotopic (exact) mass is 1830 g/mol. The Morgan fingerprint density at radius 2 is 0.846 bits per heavy atom. The van der Waals surface area contributed by atoms with E-state index in [4.69, 9.17) is 14.2 Å². The van der Waals surface area contributed by atoms with Gasteiger partial charge in [0.1, 0.15) is 17.2 Å². The number of piperidine rings is 1. The number of aromatic amines is 3. The summed E-state index contributed by atoms with van der Waals surface area (Å²) in [6.45, 7) is 9.37. The third-order valence-electron chi connectivity index (χ3n) is 27.5. The van der Waals surface area contributed by atoms with Crippen LogP contribution in [-0.2, 0) is 43.0 Å². The van der Waals surface area contributed by atoms with Crippen molar-refractivity contribution >= 4 is 97.0 Å². The molecule has 6 amide bonds. The molecular weight excluding hydrogens is 1720 g/mol. The molecule has 3 atom stereocenters. The molecule has 1 aliphatic carbocycles. The molecule has 4 saturated heterocycles. The Bertz CT molecular complexity index is 6740. The molecule has 21 rings (SSSR count). The van der Waals surface area contributed by atoms with E-state index in [1.807, 2.05) is 134 Å². The van der Waals surface area contributed by atoms with Crippen LogP contribution in [0.3, 0.4) is 0 Å². The van der Waals surface area contributed by atoms with E-state index in [-0.39, 0.29) is 60.9 Å². The number of methoxy groups -OCH3 is 3. The van der Waals surface area contributed by atoms with Crippen molar-refractivity contribution in [3.05, 3.63) is 259 Å². The minimum atomic E-state index is -1.09. The number of amides is 6. The minimum Gasteiger partial charge on any atom is -0.367 e. The number of pyridine rings is 2.